The Morgan fingerprint density at radius 3 is 2.50 bits per heavy atom. The molecule has 1 saturated carbocycles. The molecule has 2 aromatic rings. The fourth-order valence-corrected chi connectivity index (χ4v) is 2.37. The maximum atomic E-state index is 12.5. The first kappa shape index (κ1) is 12.9. The molecule has 1 aromatic carbocycles. The Morgan fingerprint density at radius 2 is 1.85 bits per heavy atom. The van der Waals surface area contributed by atoms with Crippen LogP contribution in [-0.4, -0.2) is 21.8 Å². The van der Waals surface area contributed by atoms with Gasteiger partial charge >= 0.3 is 0 Å². The molecule has 20 heavy (non-hydrogen) atoms. The Labute approximate surface area is 119 Å². The van der Waals surface area contributed by atoms with Crippen LogP contribution in [0.1, 0.15) is 24.0 Å². The molecule has 3 rings (SSSR count). The molecule has 1 aliphatic rings. The summed E-state index contributed by atoms with van der Waals surface area (Å²) in [5, 5.41) is 0. The van der Waals surface area contributed by atoms with Crippen molar-refractivity contribution in [3.05, 3.63) is 66.0 Å². The van der Waals surface area contributed by atoms with Crippen LogP contribution in [0.2, 0.25) is 0 Å². The Bertz CT molecular complexity index is 564. The van der Waals surface area contributed by atoms with Crippen LogP contribution in [0.4, 0.5) is 0 Å². The summed E-state index contributed by atoms with van der Waals surface area (Å²) >= 11 is 0. The lowest BCUT2D eigenvalue weighted by atomic mass is 10.1. The summed E-state index contributed by atoms with van der Waals surface area (Å²) in [6, 6.07) is 14.3. The van der Waals surface area contributed by atoms with Crippen LogP contribution >= 0.6 is 0 Å². The van der Waals surface area contributed by atoms with Gasteiger partial charge in [0.1, 0.15) is 0 Å². The zero-order valence-electron chi connectivity index (χ0n) is 11.4. The van der Waals surface area contributed by atoms with Gasteiger partial charge in [0, 0.05) is 25.0 Å². The molecule has 1 amide bonds. The van der Waals surface area contributed by atoms with Gasteiger partial charge in [-0.3, -0.25) is 9.78 Å². The van der Waals surface area contributed by atoms with Crippen molar-refractivity contribution in [1.82, 2.24) is 9.88 Å². The van der Waals surface area contributed by atoms with Gasteiger partial charge in [-0.2, -0.15) is 0 Å². The molecule has 3 nitrogen and oxygen atoms in total. The van der Waals surface area contributed by atoms with E-state index in [2.05, 4.69) is 4.98 Å². The molecule has 1 fully saturated rings. The quantitative estimate of drug-likeness (QED) is 0.833. The zero-order valence-corrected chi connectivity index (χ0v) is 11.4. The highest BCUT2D eigenvalue weighted by molar-refractivity contribution is 5.79. The molecule has 0 unspecified atom stereocenters. The molecule has 0 saturated heterocycles. The maximum absolute atomic E-state index is 12.5. The summed E-state index contributed by atoms with van der Waals surface area (Å²) < 4.78 is 0. The summed E-state index contributed by atoms with van der Waals surface area (Å²) in [5.41, 5.74) is 2.18. The Kier molecular flexibility index (Phi) is 3.77. The molecule has 1 heterocycles. The molecule has 0 radical (unpaired) electrons. The molecule has 102 valence electrons. The number of hydrogen-bond acceptors (Lipinski definition) is 2. The molecule has 1 aliphatic carbocycles. The highest BCUT2D eigenvalue weighted by Gasteiger charge is 2.32. The van der Waals surface area contributed by atoms with E-state index in [1.165, 1.54) is 0 Å². The topological polar surface area (TPSA) is 33.2 Å². The number of carbonyl (C=O) groups excluding carboxylic acids is 1. The van der Waals surface area contributed by atoms with E-state index in [0.717, 1.165) is 24.0 Å². The second kappa shape index (κ2) is 5.87. The molecule has 0 bridgehead atoms. The molecule has 0 spiro atoms. The van der Waals surface area contributed by atoms with Crippen LogP contribution in [0.15, 0.2) is 54.9 Å². The predicted octanol–water partition coefficient (Wildman–Crippen LogP) is 2.82. The SMILES string of the molecule is O=C(Cc1ccccc1)N(Cc1cccnc1)C1CC1. The Balaban J connectivity index is 1.69. The molecule has 3 heteroatoms. The van der Waals surface area contributed by atoms with Crippen molar-refractivity contribution in [2.24, 2.45) is 0 Å². The van der Waals surface area contributed by atoms with Crippen LogP contribution in [0, 0.1) is 0 Å². The summed E-state index contributed by atoms with van der Waals surface area (Å²) in [4.78, 5) is 18.6. The third-order valence-electron chi connectivity index (χ3n) is 3.58. The number of amides is 1. The molecule has 0 aliphatic heterocycles. The monoisotopic (exact) mass is 266 g/mol. The number of pyridine rings is 1. The van der Waals surface area contributed by atoms with Crippen molar-refractivity contribution < 1.29 is 4.79 Å². The van der Waals surface area contributed by atoms with Crippen LogP contribution in [-0.2, 0) is 17.8 Å². The summed E-state index contributed by atoms with van der Waals surface area (Å²) in [5.74, 6) is 0.211. The minimum absolute atomic E-state index is 0.211. The van der Waals surface area contributed by atoms with Crippen molar-refractivity contribution in [3.63, 3.8) is 0 Å². The first-order valence-corrected chi connectivity index (χ1v) is 7.05. The second-order valence-corrected chi connectivity index (χ2v) is 5.28. The first-order chi connectivity index (χ1) is 9.83. The molecular formula is C17H18N2O. The van der Waals surface area contributed by atoms with E-state index in [0.29, 0.717) is 19.0 Å². The average Bonchev–Trinajstić information content (AvgIpc) is 3.31. The third-order valence-corrected chi connectivity index (χ3v) is 3.58. The first-order valence-electron chi connectivity index (χ1n) is 7.05. The summed E-state index contributed by atoms with van der Waals surface area (Å²) in [6.45, 7) is 0.671. The minimum atomic E-state index is 0.211. The minimum Gasteiger partial charge on any atom is -0.335 e. The van der Waals surface area contributed by atoms with E-state index in [1.54, 1.807) is 6.20 Å². The lowest BCUT2D eigenvalue weighted by Crippen LogP contribution is -2.33. The van der Waals surface area contributed by atoms with Gasteiger partial charge in [-0.25, -0.2) is 0 Å². The van der Waals surface area contributed by atoms with Gasteiger partial charge in [0.2, 0.25) is 5.91 Å². The van der Waals surface area contributed by atoms with Crippen molar-refractivity contribution in [2.75, 3.05) is 0 Å². The second-order valence-electron chi connectivity index (χ2n) is 5.28. The van der Waals surface area contributed by atoms with Gasteiger partial charge in [0.05, 0.1) is 6.42 Å². The van der Waals surface area contributed by atoms with E-state index in [-0.39, 0.29) is 5.91 Å². The fourth-order valence-electron chi connectivity index (χ4n) is 2.37. The van der Waals surface area contributed by atoms with Gasteiger partial charge in [0.25, 0.3) is 0 Å². The predicted molar refractivity (Wildman–Crippen MR) is 78.0 cm³/mol. The average molecular weight is 266 g/mol. The molecule has 1 aromatic heterocycles. The standard InChI is InChI=1S/C17H18N2O/c20-17(11-14-5-2-1-3-6-14)19(16-8-9-16)13-15-7-4-10-18-12-15/h1-7,10,12,16H,8-9,11,13H2. The number of carbonyl (C=O) groups is 1. The zero-order chi connectivity index (χ0) is 13.8. The van der Waals surface area contributed by atoms with Crippen LogP contribution in [0.25, 0.3) is 0 Å². The molecule has 0 N–H and O–H groups in total. The van der Waals surface area contributed by atoms with E-state index in [9.17, 15) is 4.79 Å². The summed E-state index contributed by atoms with van der Waals surface area (Å²) in [7, 11) is 0. The Morgan fingerprint density at radius 1 is 1.10 bits per heavy atom. The summed E-state index contributed by atoms with van der Waals surface area (Å²) in [6.07, 6.45) is 6.33. The lowest BCUT2D eigenvalue weighted by Gasteiger charge is -2.22. The third kappa shape index (κ3) is 3.23. The van der Waals surface area contributed by atoms with Crippen molar-refractivity contribution in [3.8, 4) is 0 Å². The van der Waals surface area contributed by atoms with Crippen molar-refractivity contribution >= 4 is 5.91 Å². The van der Waals surface area contributed by atoms with E-state index < -0.39 is 0 Å². The van der Waals surface area contributed by atoms with Gasteiger partial charge < -0.3 is 4.90 Å². The van der Waals surface area contributed by atoms with E-state index >= 15 is 0 Å². The van der Waals surface area contributed by atoms with Gasteiger partial charge in [0.15, 0.2) is 0 Å². The van der Waals surface area contributed by atoms with E-state index in [4.69, 9.17) is 0 Å². The maximum Gasteiger partial charge on any atom is 0.227 e. The van der Waals surface area contributed by atoms with Crippen LogP contribution < -0.4 is 0 Å². The van der Waals surface area contributed by atoms with Gasteiger partial charge in [-0.1, -0.05) is 36.4 Å². The van der Waals surface area contributed by atoms with Crippen LogP contribution in [0.3, 0.4) is 0 Å². The number of hydrogen-bond donors (Lipinski definition) is 0. The molecular weight excluding hydrogens is 248 g/mol. The lowest BCUT2D eigenvalue weighted by molar-refractivity contribution is -0.131. The van der Waals surface area contributed by atoms with Crippen molar-refractivity contribution in [2.45, 2.75) is 31.8 Å². The highest BCUT2D eigenvalue weighted by Crippen LogP contribution is 2.28. The number of benzene rings is 1. The van der Waals surface area contributed by atoms with Crippen molar-refractivity contribution in [1.29, 1.82) is 0 Å². The number of aromatic nitrogens is 1. The highest BCUT2D eigenvalue weighted by atomic mass is 16.2. The number of nitrogens with zero attached hydrogens (tertiary/aromatic N) is 2. The largest absolute Gasteiger partial charge is 0.335 e. The normalized spacial score (nSPS) is 14.0. The van der Waals surface area contributed by atoms with Gasteiger partial charge in [-0.05, 0) is 30.0 Å². The Hall–Kier alpha value is -2.16. The number of rotatable bonds is 5. The van der Waals surface area contributed by atoms with Gasteiger partial charge in [-0.15, -0.1) is 0 Å². The molecule has 0 atom stereocenters. The smallest absolute Gasteiger partial charge is 0.227 e. The fraction of sp³-hybridized carbons (Fsp3) is 0.294. The van der Waals surface area contributed by atoms with Crippen LogP contribution in [0.5, 0.6) is 0 Å². The van der Waals surface area contributed by atoms with E-state index in [1.807, 2.05) is 53.6 Å².